The molecule has 1 fully saturated rings. The molecule has 5 heterocycles. The van der Waals surface area contributed by atoms with Crippen molar-refractivity contribution < 1.29 is 9.53 Å². The number of anilines is 1. The Morgan fingerprint density at radius 1 is 1.16 bits per heavy atom. The summed E-state index contributed by atoms with van der Waals surface area (Å²) in [5.74, 6) is 0.587. The van der Waals surface area contributed by atoms with Crippen molar-refractivity contribution in [3.05, 3.63) is 42.2 Å². The number of piperidine rings is 1. The third-order valence-corrected chi connectivity index (χ3v) is 6.16. The molecule has 2 aliphatic heterocycles. The van der Waals surface area contributed by atoms with Crippen LogP contribution in [0.25, 0.3) is 22.3 Å². The number of fused-ring (bicyclic) bond motifs is 3. The molecule has 0 aromatic carbocycles. The molecule has 0 unspecified atom stereocenters. The van der Waals surface area contributed by atoms with Crippen LogP contribution in [0.5, 0.6) is 5.88 Å². The number of nitrogens with zero attached hydrogens (tertiary/aromatic N) is 5. The molecule has 0 radical (unpaired) electrons. The Hall–Kier alpha value is -2.53. The summed E-state index contributed by atoms with van der Waals surface area (Å²) in [6, 6.07) is 7.90. The maximum Gasteiger partial charge on any atom is 0.324 e. The monoisotopic (exact) mass is 530 g/mol. The van der Waals surface area contributed by atoms with E-state index in [2.05, 4.69) is 37.9 Å². The van der Waals surface area contributed by atoms with Crippen LogP contribution >= 0.6 is 22.6 Å². The number of rotatable bonds is 4. The van der Waals surface area contributed by atoms with Gasteiger partial charge < -0.3 is 15.0 Å². The van der Waals surface area contributed by atoms with Gasteiger partial charge in [-0.2, -0.15) is 0 Å². The second kappa shape index (κ2) is 8.54. The van der Waals surface area contributed by atoms with Gasteiger partial charge in [0.25, 0.3) is 0 Å². The fourth-order valence-corrected chi connectivity index (χ4v) is 4.63. The standard InChI is InChI=1S/C22H23IN6O2/c1-28-12-15-11-25-18-4-3-17(14-2-5-19(26-10-14)31-13-23)27-20(18)21(15)29(22(28)30)16-6-8-24-9-7-16/h2-5,10-11,16,24H,6-9,12-13H2,1H3. The number of urea groups is 1. The molecule has 0 spiro atoms. The van der Waals surface area contributed by atoms with Crippen molar-refractivity contribution in [1.82, 2.24) is 25.2 Å². The summed E-state index contributed by atoms with van der Waals surface area (Å²) in [5, 5.41) is 3.39. The minimum atomic E-state index is 0.0288. The summed E-state index contributed by atoms with van der Waals surface area (Å²) < 4.78 is 5.98. The number of ether oxygens (including phenoxy) is 1. The first kappa shape index (κ1) is 20.4. The summed E-state index contributed by atoms with van der Waals surface area (Å²) >= 11 is 2.14. The summed E-state index contributed by atoms with van der Waals surface area (Å²) in [5.41, 5.74) is 5.18. The summed E-state index contributed by atoms with van der Waals surface area (Å²) in [4.78, 5) is 30.9. The quantitative estimate of drug-likeness (QED) is 0.410. The zero-order valence-corrected chi connectivity index (χ0v) is 19.4. The molecule has 0 aliphatic carbocycles. The lowest BCUT2D eigenvalue weighted by Crippen LogP contribution is -2.53. The van der Waals surface area contributed by atoms with Crippen molar-refractivity contribution >= 4 is 45.3 Å². The maximum absolute atomic E-state index is 13.2. The Morgan fingerprint density at radius 2 is 2.00 bits per heavy atom. The van der Waals surface area contributed by atoms with Crippen LogP contribution in [0.3, 0.4) is 0 Å². The SMILES string of the molecule is CN1Cc2cnc3ccc(-c4ccc(OCI)nc4)nc3c2N(C2CCNCC2)C1=O. The van der Waals surface area contributed by atoms with E-state index >= 15 is 0 Å². The molecule has 0 bridgehead atoms. The van der Waals surface area contributed by atoms with Crippen molar-refractivity contribution in [1.29, 1.82) is 0 Å². The average molecular weight is 530 g/mol. The molecule has 3 aromatic heterocycles. The molecule has 1 saturated heterocycles. The number of carbonyl (C=O) groups excluding carboxylic acids is 1. The number of carbonyl (C=O) groups is 1. The zero-order chi connectivity index (χ0) is 21.4. The Kier molecular flexibility index (Phi) is 5.61. The van der Waals surface area contributed by atoms with E-state index in [0.29, 0.717) is 17.0 Å². The predicted molar refractivity (Wildman–Crippen MR) is 128 cm³/mol. The minimum absolute atomic E-state index is 0.0288. The highest BCUT2D eigenvalue weighted by atomic mass is 127. The van der Waals surface area contributed by atoms with Gasteiger partial charge in [-0.3, -0.25) is 9.88 Å². The van der Waals surface area contributed by atoms with Gasteiger partial charge in [-0.1, -0.05) is 0 Å². The summed E-state index contributed by atoms with van der Waals surface area (Å²) in [7, 11) is 1.85. The van der Waals surface area contributed by atoms with E-state index in [0.717, 1.165) is 59.5 Å². The number of halogens is 1. The van der Waals surface area contributed by atoms with Crippen LogP contribution in [0.15, 0.2) is 36.7 Å². The van der Waals surface area contributed by atoms with Gasteiger partial charge in [0.05, 0.1) is 23.4 Å². The van der Waals surface area contributed by atoms with E-state index in [4.69, 9.17) is 9.72 Å². The van der Waals surface area contributed by atoms with Crippen molar-refractivity contribution in [2.24, 2.45) is 0 Å². The van der Waals surface area contributed by atoms with Crippen molar-refractivity contribution in [3.63, 3.8) is 0 Å². The number of nitrogens with one attached hydrogen (secondary N) is 1. The maximum atomic E-state index is 13.2. The van der Waals surface area contributed by atoms with Gasteiger partial charge in [0.1, 0.15) is 10.1 Å². The van der Waals surface area contributed by atoms with Crippen LogP contribution in [0.2, 0.25) is 0 Å². The van der Waals surface area contributed by atoms with Gasteiger partial charge >= 0.3 is 6.03 Å². The van der Waals surface area contributed by atoms with Crippen LogP contribution in [0.4, 0.5) is 10.5 Å². The van der Waals surface area contributed by atoms with E-state index in [1.807, 2.05) is 42.4 Å². The van der Waals surface area contributed by atoms with Gasteiger partial charge in [0.2, 0.25) is 5.88 Å². The lowest BCUT2D eigenvalue weighted by atomic mass is 10.0. The normalized spacial score (nSPS) is 17.2. The van der Waals surface area contributed by atoms with E-state index in [9.17, 15) is 4.79 Å². The molecule has 5 rings (SSSR count). The first-order valence-electron chi connectivity index (χ1n) is 10.3. The number of pyridine rings is 3. The van der Waals surface area contributed by atoms with E-state index in [1.165, 1.54) is 0 Å². The Labute approximate surface area is 194 Å². The molecule has 31 heavy (non-hydrogen) atoms. The van der Waals surface area contributed by atoms with E-state index < -0.39 is 0 Å². The fourth-order valence-electron chi connectivity index (χ4n) is 4.32. The number of hydrogen-bond acceptors (Lipinski definition) is 6. The molecule has 9 heteroatoms. The van der Waals surface area contributed by atoms with Crippen LogP contribution in [-0.2, 0) is 6.54 Å². The van der Waals surface area contributed by atoms with Crippen LogP contribution in [0, 0.1) is 0 Å². The van der Waals surface area contributed by atoms with Crippen LogP contribution in [0.1, 0.15) is 18.4 Å². The molecular weight excluding hydrogens is 507 g/mol. The van der Waals surface area contributed by atoms with Crippen molar-refractivity contribution in [3.8, 4) is 17.1 Å². The lowest BCUT2D eigenvalue weighted by molar-refractivity contribution is 0.205. The molecular formula is C22H23IN6O2. The number of alkyl halides is 1. The van der Waals surface area contributed by atoms with Crippen molar-refractivity contribution in [2.45, 2.75) is 25.4 Å². The third kappa shape index (κ3) is 3.80. The van der Waals surface area contributed by atoms with Gasteiger partial charge in [-0.15, -0.1) is 0 Å². The first-order chi connectivity index (χ1) is 15.2. The number of hydrogen-bond donors (Lipinski definition) is 1. The van der Waals surface area contributed by atoms with Gasteiger partial charge in [0, 0.05) is 42.7 Å². The van der Waals surface area contributed by atoms with Gasteiger partial charge in [0.15, 0.2) is 0 Å². The van der Waals surface area contributed by atoms with E-state index in [1.54, 1.807) is 11.1 Å². The molecule has 0 atom stereocenters. The smallest absolute Gasteiger partial charge is 0.324 e. The Morgan fingerprint density at radius 3 is 2.74 bits per heavy atom. The molecule has 3 aromatic rings. The molecule has 2 amide bonds. The molecule has 160 valence electrons. The highest BCUT2D eigenvalue weighted by Crippen LogP contribution is 2.37. The third-order valence-electron chi connectivity index (χ3n) is 5.85. The zero-order valence-electron chi connectivity index (χ0n) is 17.2. The molecule has 0 saturated carbocycles. The molecule has 2 aliphatic rings. The summed E-state index contributed by atoms with van der Waals surface area (Å²) in [6.07, 6.45) is 5.49. The largest absolute Gasteiger partial charge is 0.467 e. The van der Waals surface area contributed by atoms with Crippen LogP contribution in [-0.4, -0.2) is 56.7 Å². The second-order valence-corrected chi connectivity index (χ2v) is 8.45. The fraction of sp³-hybridized carbons (Fsp3) is 0.364. The van der Waals surface area contributed by atoms with Crippen molar-refractivity contribution in [2.75, 3.05) is 29.7 Å². The summed E-state index contributed by atoms with van der Waals surface area (Å²) in [6.45, 7) is 2.35. The van der Waals surface area contributed by atoms with Gasteiger partial charge in [-0.25, -0.2) is 14.8 Å². The Bertz CT molecular complexity index is 1120. The topological polar surface area (TPSA) is 83.5 Å². The van der Waals surface area contributed by atoms with E-state index in [-0.39, 0.29) is 12.1 Å². The minimum Gasteiger partial charge on any atom is -0.467 e. The molecule has 1 N–H and O–H groups in total. The Balaban J connectivity index is 1.63. The lowest BCUT2D eigenvalue weighted by Gasteiger charge is -2.41. The first-order valence-corrected chi connectivity index (χ1v) is 11.9. The molecule has 8 nitrogen and oxygen atoms in total. The average Bonchev–Trinajstić information content (AvgIpc) is 2.81. The van der Waals surface area contributed by atoms with Crippen LogP contribution < -0.4 is 15.0 Å². The highest BCUT2D eigenvalue weighted by molar-refractivity contribution is 14.1. The van der Waals surface area contributed by atoms with Gasteiger partial charge in [-0.05, 0) is 66.7 Å². The number of amides is 2. The predicted octanol–water partition coefficient (Wildman–Crippen LogP) is 3.59. The second-order valence-electron chi connectivity index (χ2n) is 7.82. The highest BCUT2D eigenvalue weighted by Gasteiger charge is 2.36. The number of aromatic nitrogens is 3.